The molecule has 1 aliphatic heterocycles. The van der Waals surface area contributed by atoms with Crippen LogP contribution in [0.2, 0.25) is 5.02 Å². The molecule has 1 amide bonds. The zero-order valence-electron chi connectivity index (χ0n) is 18.9. The van der Waals surface area contributed by atoms with Crippen molar-refractivity contribution in [2.75, 3.05) is 33.8 Å². The predicted molar refractivity (Wildman–Crippen MR) is 126 cm³/mol. The number of carbonyl (C=O) groups excluding carboxylic acids is 2. The Balaban J connectivity index is 2.08. The third-order valence-electron chi connectivity index (χ3n) is 5.44. The number of hydrogen-bond acceptors (Lipinski definition) is 5. The second-order valence-corrected chi connectivity index (χ2v) is 8.55. The summed E-state index contributed by atoms with van der Waals surface area (Å²) in [4.78, 5) is 29.6. The van der Waals surface area contributed by atoms with Gasteiger partial charge in [-0.15, -0.1) is 0 Å². The van der Waals surface area contributed by atoms with Gasteiger partial charge in [0.1, 0.15) is 11.5 Å². The molecule has 1 N–H and O–H groups in total. The van der Waals surface area contributed by atoms with E-state index in [1.165, 1.54) is 0 Å². The summed E-state index contributed by atoms with van der Waals surface area (Å²) in [6.45, 7) is 5.46. The Morgan fingerprint density at radius 3 is 2.44 bits per heavy atom. The number of Topliss-reactive ketones (excluding diaryl/α,β-unsaturated/α-hetero) is 1. The quantitative estimate of drug-likeness (QED) is 0.361. The fourth-order valence-electron chi connectivity index (χ4n) is 3.84. The van der Waals surface area contributed by atoms with Crippen molar-refractivity contribution in [1.82, 2.24) is 9.80 Å². The molecule has 1 atom stereocenters. The summed E-state index contributed by atoms with van der Waals surface area (Å²) in [5, 5.41) is 11.5. The Morgan fingerprint density at radius 1 is 1.16 bits per heavy atom. The average Bonchev–Trinajstić information content (AvgIpc) is 3.00. The van der Waals surface area contributed by atoms with E-state index in [2.05, 4.69) is 0 Å². The van der Waals surface area contributed by atoms with Gasteiger partial charge in [0.15, 0.2) is 0 Å². The second-order valence-electron chi connectivity index (χ2n) is 8.14. The minimum absolute atomic E-state index is 0.0731. The van der Waals surface area contributed by atoms with E-state index in [0.29, 0.717) is 35.9 Å². The molecule has 0 aromatic heterocycles. The maximum Gasteiger partial charge on any atom is 0.295 e. The van der Waals surface area contributed by atoms with Crippen LogP contribution in [0.1, 0.15) is 36.1 Å². The van der Waals surface area contributed by atoms with Crippen LogP contribution in [-0.2, 0) is 9.59 Å². The van der Waals surface area contributed by atoms with E-state index >= 15 is 0 Å². The van der Waals surface area contributed by atoms with Crippen molar-refractivity contribution in [2.24, 2.45) is 0 Å². The first-order valence-corrected chi connectivity index (χ1v) is 11.0. The van der Waals surface area contributed by atoms with Crippen LogP contribution in [-0.4, -0.2) is 60.4 Å². The Kier molecular flexibility index (Phi) is 7.59. The van der Waals surface area contributed by atoms with Crippen LogP contribution in [0.25, 0.3) is 5.76 Å². The molecule has 2 aromatic carbocycles. The molecule has 0 bridgehead atoms. The first-order chi connectivity index (χ1) is 15.2. The van der Waals surface area contributed by atoms with E-state index in [1.54, 1.807) is 23.1 Å². The highest BCUT2D eigenvalue weighted by molar-refractivity contribution is 6.46. The minimum atomic E-state index is -0.692. The Hall–Kier alpha value is -2.83. The van der Waals surface area contributed by atoms with Crippen LogP contribution in [0, 0.1) is 6.92 Å². The fraction of sp³-hybridized carbons (Fsp3) is 0.360. The topological polar surface area (TPSA) is 70.1 Å². The molecule has 1 saturated heterocycles. The maximum atomic E-state index is 13.1. The highest BCUT2D eigenvalue weighted by Gasteiger charge is 2.45. The number of rotatable bonds is 8. The van der Waals surface area contributed by atoms with Gasteiger partial charge in [0.25, 0.3) is 11.7 Å². The van der Waals surface area contributed by atoms with Crippen molar-refractivity contribution >= 4 is 29.1 Å². The van der Waals surface area contributed by atoms with Crippen molar-refractivity contribution in [3.8, 4) is 5.75 Å². The van der Waals surface area contributed by atoms with Crippen molar-refractivity contribution < 1.29 is 19.4 Å². The summed E-state index contributed by atoms with van der Waals surface area (Å²) < 4.78 is 5.45. The molecule has 6 nitrogen and oxygen atoms in total. The van der Waals surface area contributed by atoms with Crippen LogP contribution in [0.4, 0.5) is 0 Å². The highest BCUT2D eigenvalue weighted by Crippen LogP contribution is 2.40. The Bertz CT molecular complexity index is 1030. The number of ketones is 1. The molecule has 0 unspecified atom stereocenters. The van der Waals surface area contributed by atoms with E-state index in [1.807, 2.05) is 57.1 Å². The van der Waals surface area contributed by atoms with E-state index < -0.39 is 17.7 Å². The van der Waals surface area contributed by atoms with Gasteiger partial charge in [-0.3, -0.25) is 9.59 Å². The lowest BCUT2D eigenvalue weighted by atomic mass is 9.94. The van der Waals surface area contributed by atoms with Crippen LogP contribution < -0.4 is 4.74 Å². The van der Waals surface area contributed by atoms with E-state index in [0.717, 1.165) is 17.7 Å². The first-order valence-electron chi connectivity index (χ1n) is 10.7. The number of aliphatic hydroxyl groups is 1. The number of aliphatic hydroxyl groups excluding tert-OH is 1. The van der Waals surface area contributed by atoms with Crippen molar-refractivity contribution in [3.05, 3.63) is 69.8 Å². The lowest BCUT2D eigenvalue weighted by Gasteiger charge is -2.26. The smallest absolute Gasteiger partial charge is 0.295 e. The summed E-state index contributed by atoms with van der Waals surface area (Å²) in [5.41, 5.74) is 2.28. The normalized spacial score (nSPS) is 17.9. The van der Waals surface area contributed by atoms with Crippen LogP contribution in [0.3, 0.4) is 0 Å². The molecule has 0 aliphatic carbocycles. The molecule has 0 radical (unpaired) electrons. The van der Waals surface area contributed by atoms with Crippen molar-refractivity contribution in [1.29, 1.82) is 0 Å². The van der Waals surface area contributed by atoms with Crippen molar-refractivity contribution in [3.63, 3.8) is 0 Å². The van der Waals surface area contributed by atoms with Gasteiger partial charge in [-0.05, 0) is 64.7 Å². The fourth-order valence-corrected chi connectivity index (χ4v) is 4.07. The zero-order valence-corrected chi connectivity index (χ0v) is 19.6. The zero-order chi connectivity index (χ0) is 23.4. The summed E-state index contributed by atoms with van der Waals surface area (Å²) >= 11 is 6.30. The third kappa shape index (κ3) is 4.97. The largest absolute Gasteiger partial charge is 0.507 e. The summed E-state index contributed by atoms with van der Waals surface area (Å²) in [7, 11) is 3.92. The van der Waals surface area contributed by atoms with Gasteiger partial charge in [0.2, 0.25) is 0 Å². The third-order valence-corrected chi connectivity index (χ3v) is 5.74. The average molecular weight is 457 g/mol. The van der Waals surface area contributed by atoms with Crippen molar-refractivity contribution in [2.45, 2.75) is 26.3 Å². The lowest BCUT2D eigenvalue weighted by molar-refractivity contribution is -0.139. The number of carbonyl (C=O) groups is 2. The molecule has 0 saturated carbocycles. The van der Waals surface area contributed by atoms with Gasteiger partial charge in [-0.1, -0.05) is 41.4 Å². The van der Waals surface area contributed by atoms with Gasteiger partial charge >= 0.3 is 0 Å². The minimum Gasteiger partial charge on any atom is -0.507 e. The number of nitrogens with zero attached hydrogens (tertiary/aromatic N) is 2. The van der Waals surface area contributed by atoms with Gasteiger partial charge in [0, 0.05) is 12.1 Å². The number of hydrogen-bond donors (Lipinski definition) is 1. The number of likely N-dealkylation sites (tertiary alicyclic amines) is 1. The summed E-state index contributed by atoms with van der Waals surface area (Å²) in [6, 6.07) is 11.8. The molecule has 0 spiro atoms. The molecule has 170 valence electrons. The van der Waals surface area contributed by atoms with Gasteiger partial charge in [-0.25, -0.2) is 0 Å². The molecular formula is C25H29ClN2O4. The standard InChI is InChI=1S/C25H29ClN2O4/c1-5-32-20-12-11-18(15-19(20)26)23(29)21-22(17-9-7-16(2)8-10-17)28(25(31)24(21)30)14-6-13-27(3)4/h7-12,15,22,29H,5-6,13-14H2,1-4H3/t22-/m0/s1. The van der Waals surface area contributed by atoms with Crippen LogP contribution in [0.5, 0.6) is 5.75 Å². The van der Waals surface area contributed by atoms with Gasteiger partial charge in [-0.2, -0.15) is 0 Å². The SMILES string of the molecule is CCOc1ccc(C(O)=C2C(=O)C(=O)N(CCCN(C)C)[C@H]2c2ccc(C)cc2)cc1Cl. The molecule has 1 fully saturated rings. The second kappa shape index (κ2) is 10.2. The molecule has 1 heterocycles. The molecule has 7 heteroatoms. The van der Waals surface area contributed by atoms with Crippen LogP contribution in [0.15, 0.2) is 48.0 Å². The number of aryl methyl sites for hydroxylation is 1. The summed E-state index contributed by atoms with van der Waals surface area (Å²) in [5.74, 6) is -1.05. The van der Waals surface area contributed by atoms with Crippen LogP contribution >= 0.6 is 11.6 Å². The highest BCUT2D eigenvalue weighted by atomic mass is 35.5. The molecule has 3 rings (SSSR count). The maximum absolute atomic E-state index is 13.1. The predicted octanol–water partition coefficient (Wildman–Crippen LogP) is 4.42. The Labute approximate surface area is 194 Å². The molecular weight excluding hydrogens is 428 g/mol. The first kappa shape index (κ1) is 23.8. The molecule has 32 heavy (non-hydrogen) atoms. The monoisotopic (exact) mass is 456 g/mol. The molecule has 2 aromatic rings. The number of benzene rings is 2. The number of ether oxygens (including phenoxy) is 1. The van der Waals surface area contributed by atoms with E-state index in [4.69, 9.17) is 16.3 Å². The Morgan fingerprint density at radius 2 is 1.84 bits per heavy atom. The van der Waals surface area contributed by atoms with E-state index in [9.17, 15) is 14.7 Å². The molecule has 1 aliphatic rings. The lowest BCUT2D eigenvalue weighted by Crippen LogP contribution is -2.32. The van der Waals surface area contributed by atoms with Gasteiger partial charge < -0.3 is 19.6 Å². The van der Waals surface area contributed by atoms with Gasteiger partial charge in [0.05, 0.1) is 23.2 Å². The number of amides is 1. The number of halogens is 1. The van der Waals surface area contributed by atoms with E-state index in [-0.39, 0.29) is 11.3 Å². The summed E-state index contributed by atoms with van der Waals surface area (Å²) in [6.07, 6.45) is 0.706.